The van der Waals surface area contributed by atoms with Crippen LogP contribution in [0.2, 0.25) is 0 Å². The van der Waals surface area contributed by atoms with Crippen LogP contribution in [-0.2, 0) is 11.2 Å². The maximum atomic E-state index is 9.25. The van der Waals surface area contributed by atoms with E-state index in [2.05, 4.69) is 22.0 Å². The molecule has 1 aliphatic heterocycles. The Bertz CT molecular complexity index is 711. The van der Waals surface area contributed by atoms with E-state index in [4.69, 9.17) is 9.47 Å². The Kier molecular flexibility index (Phi) is 4.74. The normalized spacial score (nSPS) is 17.6. The molecule has 1 aliphatic rings. The summed E-state index contributed by atoms with van der Waals surface area (Å²) in [6.45, 7) is 2.11. The van der Waals surface area contributed by atoms with Gasteiger partial charge in [-0.05, 0) is 29.8 Å². The number of anilines is 1. The number of hydrogen-bond donors (Lipinski definition) is 0. The fourth-order valence-corrected chi connectivity index (χ4v) is 2.83. The molecule has 0 N–H and O–H groups in total. The molecule has 0 saturated carbocycles. The predicted octanol–water partition coefficient (Wildman–Crippen LogP) is 2.41. The fraction of sp³-hybridized carbons (Fsp3) is 0.333. The molecule has 2 heterocycles. The van der Waals surface area contributed by atoms with Crippen molar-refractivity contribution in [3.63, 3.8) is 0 Å². The zero-order chi connectivity index (χ0) is 16.1. The van der Waals surface area contributed by atoms with Crippen molar-refractivity contribution in [2.75, 3.05) is 31.7 Å². The Morgan fingerprint density at radius 3 is 3.13 bits per heavy atom. The van der Waals surface area contributed by atoms with Crippen LogP contribution in [0, 0.1) is 11.3 Å². The third kappa shape index (κ3) is 3.61. The van der Waals surface area contributed by atoms with Crippen molar-refractivity contribution >= 4 is 5.82 Å². The van der Waals surface area contributed by atoms with Gasteiger partial charge >= 0.3 is 0 Å². The van der Waals surface area contributed by atoms with Gasteiger partial charge in [-0.15, -0.1) is 0 Å². The first-order valence-corrected chi connectivity index (χ1v) is 7.64. The average molecular weight is 309 g/mol. The van der Waals surface area contributed by atoms with Crippen LogP contribution in [0.3, 0.4) is 0 Å². The lowest BCUT2D eigenvalue weighted by Crippen LogP contribution is -2.44. The molecule has 0 amide bonds. The minimum absolute atomic E-state index is 0.0735. The number of nitrogens with zero attached hydrogens (tertiary/aromatic N) is 3. The van der Waals surface area contributed by atoms with Gasteiger partial charge in [0.05, 0.1) is 25.4 Å². The van der Waals surface area contributed by atoms with E-state index in [-0.39, 0.29) is 6.10 Å². The molecule has 0 aliphatic carbocycles. The van der Waals surface area contributed by atoms with Gasteiger partial charge in [0, 0.05) is 25.7 Å². The summed E-state index contributed by atoms with van der Waals surface area (Å²) in [6.07, 6.45) is 2.61. The average Bonchev–Trinajstić information content (AvgIpc) is 2.62. The highest BCUT2D eigenvalue weighted by Gasteiger charge is 2.23. The second-order valence-corrected chi connectivity index (χ2v) is 5.48. The van der Waals surface area contributed by atoms with Gasteiger partial charge in [-0.2, -0.15) is 5.26 Å². The van der Waals surface area contributed by atoms with Crippen molar-refractivity contribution in [1.29, 1.82) is 5.26 Å². The maximum Gasteiger partial charge on any atom is 0.146 e. The van der Waals surface area contributed by atoms with E-state index >= 15 is 0 Å². The summed E-state index contributed by atoms with van der Waals surface area (Å²) in [6, 6.07) is 13.8. The second-order valence-electron chi connectivity index (χ2n) is 5.48. The highest BCUT2D eigenvalue weighted by atomic mass is 16.5. The Labute approximate surface area is 136 Å². The van der Waals surface area contributed by atoms with Crippen LogP contribution in [0.4, 0.5) is 5.82 Å². The predicted molar refractivity (Wildman–Crippen MR) is 87.6 cm³/mol. The van der Waals surface area contributed by atoms with Gasteiger partial charge in [0.1, 0.15) is 17.6 Å². The molecular weight excluding hydrogens is 290 g/mol. The zero-order valence-electron chi connectivity index (χ0n) is 13.1. The van der Waals surface area contributed by atoms with Crippen molar-refractivity contribution < 1.29 is 9.47 Å². The Hall–Kier alpha value is -2.58. The van der Waals surface area contributed by atoms with E-state index in [1.165, 1.54) is 5.56 Å². The second kappa shape index (κ2) is 7.12. The molecule has 5 heteroatoms. The van der Waals surface area contributed by atoms with Crippen LogP contribution < -0.4 is 9.64 Å². The molecule has 0 bridgehead atoms. The van der Waals surface area contributed by atoms with E-state index in [1.54, 1.807) is 25.4 Å². The van der Waals surface area contributed by atoms with Crippen LogP contribution in [-0.4, -0.2) is 37.9 Å². The Morgan fingerprint density at radius 1 is 1.39 bits per heavy atom. The molecule has 118 valence electrons. The lowest BCUT2D eigenvalue weighted by Gasteiger charge is -2.34. The fourth-order valence-electron chi connectivity index (χ4n) is 2.83. The molecule has 2 aromatic rings. The van der Waals surface area contributed by atoms with Gasteiger partial charge in [0.2, 0.25) is 0 Å². The number of ether oxygens (including phenoxy) is 2. The number of pyridine rings is 1. The number of rotatable bonds is 4. The Morgan fingerprint density at radius 2 is 2.30 bits per heavy atom. The summed E-state index contributed by atoms with van der Waals surface area (Å²) >= 11 is 0. The molecule has 1 aromatic heterocycles. The molecule has 0 spiro atoms. The number of methoxy groups -OCH3 is 1. The first kappa shape index (κ1) is 15.3. The maximum absolute atomic E-state index is 9.25. The third-order valence-electron chi connectivity index (χ3n) is 3.94. The lowest BCUT2D eigenvalue weighted by atomic mass is 10.1. The quantitative estimate of drug-likeness (QED) is 0.868. The van der Waals surface area contributed by atoms with Gasteiger partial charge < -0.3 is 14.4 Å². The highest BCUT2D eigenvalue weighted by molar-refractivity contribution is 5.53. The molecule has 1 saturated heterocycles. The molecular formula is C18H19N3O2. The van der Waals surface area contributed by atoms with Gasteiger partial charge in [0.25, 0.3) is 0 Å². The zero-order valence-corrected chi connectivity index (χ0v) is 13.1. The largest absolute Gasteiger partial charge is 0.497 e. The number of benzene rings is 1. The van der Waals surface area contributed by atoms with Crippen molar-refractivity contribution in [2.24, 2.45) is 0 Å². The summed E-state index contributed by atoms with van der Waals surface area (Å²) in [7, 11) is 1.67. The van der Waals surface area contributed by atoms with E-state index in [0.29, 0.717) is 12.2 Å². The monoisotopic (exact) mass is 309 g/mol. The molecule has 3 rings (SSSR count). The molecule has 5 nitrogen and oxygen atoms in total. The van der Waals surface area contributed by atoms with E-state index in [9.17, 15) is 5.26 Å². The first-order chi connectivity index (χ1) is 11.3. The number of morpholine rings is 1. The SMILES string of the molecule is COc1cccc(C[C@H]2CN(c3ncccc3C#N)CCO2)c1. The minimum atomic E-state index is 0.0735. The van der Waals surface area contributed by atoms with Crippen molar-refractivity contribution in [3.05, 3.63) is 53.7 Å². The van der Waals surface area contributed by atoms with Crippen LogP contribution in [0.1, 0.15) is 11.1 Å². The smallest absolute Gasteiger partial charge is 0.146 e. The summed E-state index contributed by atoms with van der Waals surface area (Å²) < 4.78 is 11.2. The van der Waals surface area contributed by atoms with Crippen molar-refractivity contribution in [2.45, 2.75) is 12.5 Å². The molecule has 1 fully saturated rings. The highest BCUT2D eigenvalue weighted by Crippen LogP contribution is 2.21. The van der Waals surface area contributed by atoms with Crippen LogP contribution >= 0.6 is 0 Å². The van der Waals surface area contributed by atoms with Gasteiger partial charge in [0.15, 0.2) is 0 Å². The van der Waals surface area contributed by atoms with E-state index in [1.807, 2.05) is 18.2 Å². The van der Waals surface area contributed by atoms with Gasteiger partial charge in [-0.1, -0.05) is 12.1 Å². The lowest BCUT2D eigenvalue weighted by molar-refractivity contribution is 0.0408. The number of hydrogen-bond acceptors (Lipinski definition) is 5. The first-order valence-electron chi connectivity index (χ1n) is 7.64. The van der Waals surface area contributed by atoms with Crippen molar-refractivity contribution in [1.82, 2.24) is 4.98 Å². The third-order valence-corrected chi connectivity index (χ3v) is 3.94. The van der Waals surface area contributed by atoms with Crippen LogP contribution in [0.5, 0.6) is 5.75 Å². The van der Waals surface area contributed by atoms with Crippen LogP contribution in [0.15, 0.2) is 42.6 Å². The summed E-state index contributed by atoms with van der Waals surface area (Å²) in [5.41, 5.74) is 1.78. The van der Waals surface area contributed by atoms with Crippen LogP contribution in [0.25, 0.3) is 0 Å². The standard InChI is InChI=1S/C18H19N3O2/c1-22-16-6-2-4-14(10-16)11-17-13-21(8-9-23-17)18-15(12-19)5-3-7-20-18/h2-7,10,17H,8-9,11,13H2,1H3/t17-/m0/s1. The van der Waals surface area contributed by atoms with E-state index < -0.39 is 0 Å². The Balaban J connectivity index is 1.72. The summed E-state index contributed by atoms with van der Waals surface area (Å²) in [4.78, 5) is 6.50. The van der Waals surface area contributed by atoms with Gasteiger partial charge in [-0.25, -0.2) is 4.98 Å². The summed E-state index contributed by atoms with van der Waals surface area (Å²) in [5.74, 6) is 1.60. The van der Waals surface area contributed by atoms with Crippen molar-refractivity contribution in [3.8, 4) is 11.8 Å². The summed E-state index contributed by atoms with van der Waals surface area (Å²) in [5, 5.41) is 9.25. The number of aromatic nitrogens is 1. The van der Waals surface area contributed by atoms with Gasteiger partial charge in [-0.3, -0.25) is 0 Å². The molecule has 1 atom stereocenters. The molecule has 23 heavy (non-hydrogen) atoms. The molecule has 0 radical (unpaired) electrons. The topological polar surface area (TPSA) is 58.4 Å². The number of nitriles is 1. The molecule has 1 aromatic carbocycles. The minimum Gasteiger partial charge on any atom is -0.497 e. The molecule has 0 unspecified atom stereocenters. The van der Waals surface area contributed by atoms with E-state index in [0.717, 1.165) is 31.1 Å².